The Morgan fingerprint density at radius 2 is 2.24 bits per heavy atom. The van der Waals surface area contributed by atoms with Gasteiger partial charge < -0.3 is 4.74 Å². The third-order valence-electron chi connectivity index (χ3n) is 2.65. The van der Waals surface area contributed by atoms with Crippen LogP contribution in [0, 0.1) is 11.8 Å². The molecule has 0 aliphatic carbocycles. The van der Waals surface area contributed by atoms with Gasteiger partial charge in [-0.25, -0.2) is 0 Å². The lowest BCUT2D eigenvalue weighted by Crippen LogP contribution is -2.38. The first-order chi connectivity index (χ1) is 8.01. The van der Waals surface area contributed by atoms with Crippen molar-refractivity contribution in [2.45, 2.75) is 20.8 Å². The fourth-order valence-corrected chi connectivity index (χ4v) is 1.70. The SMILES string of the molecule is CCN1N=CC(C(C(C)=O)C(=O)OC)C(C)=N1. The van der Waals surface area contributed by atoms with E-state index in [-0.39, 0.29) is 5.78 Å². The molecular weight excluding hydrogens is 222 g/mol. The predicted molar refractivity (Wildman–Crippen MR) is 63.7 cm³/mol. The molecule has 0 aromatic carbocycles. The van der Waals surface area contributed by atoms with E-state index in [0.29, 0.717) is 12.3 Å². The summed E-state index contributed by atoms with van der Waals surface area (Å²) in [6, 6.07) is 0. The molecule has 0 radical (unpaired) electrons. The Hall–Kier alpha value is -1.72. The van der Waals surface area contributed by atoms with Gasteiger partial charge in [0.1, 0.15) is 11.7 Å². The maximum Gasteiger partial charge on any atom is 0.317 e. The molecule has 0 saturated carbocycles. The molecule has 0 aromatic heterocycles. The zero-order valence-corrected chi connectivity index (χ0v) is 10.5. The Morgan fingerprint density at radius 3 is 2.65 bits per heavy atom. The summed E-state index contributed by atoms with van der Waals surface area (Å²) in [5.74, 6) is -2.06. The van der Waals surface area contributed by atoms with Crippen molar-refractivity contribution >= 4 is 23.7 Å². The van der Waals surface area contributed by atoms with E-state index in [9.17, 15) is 9.59 Å². The molecule has 0 N–H and O–H groups in total. The van der Waals surface area contributed by atoms with Gasteiger partial charge in [-0.15, -0.1) is 0 Å². The minimum Gasteiger partial charge on any atom is -0.468 e. The molecular formula is C11H17N3O3. The number of hydrogen-bond donors (Lipinski definition) is 0. The predicted octanol–water partition coefficient (Wildman–Crippen LogP) is 0.678. The zero-order valence-electron chi connectivity index (χ0n) is 10.5. The first kappa shape index (κ1) is 13.3. The second-order valence-electron chi connectivity index (χ2n) is 3.83. The molecule has 6 nitrogen and oxygen atoms in total. The molecule has 1 heterocycles. The van der Waals surface area contributed by atoms with E-state index in [2.05, 4.69) is 14.9 Å². The van der Waals surface area contributed by atoms with Gasteiger partial charge in [0.15, 0.2) is 0 Å². The highest BCUT2D eigenvalue weighted by Gasteiger charge is 2.35. The number of ether oxygens (including phenoxy) is 1. The Balaban J connectivity index is 2.95. The molecule has 1 aliphatic rings. The van der Waals surface area contributed by atoms with Gasteiger partial charge in [0.2, 0.25) is 0 Å². The first-order valence-electron chi connectivity index (χ1n) is 5.46. The van der Waals surface area contributed by atoms with Crippen molar-refractivity contribution in [1.29, 1.82) is 0 Å². The number of esters is 1. The van der Waals surface area contributed by atoms with Crippen LogP contribution in [0.3, 0.4) is 0 Å². The van der Waals surface area contributed by atoms with Gasteiger partial charge >= 0.3 is 5.97 Å². The quantitative estimate of drug-likeness (QED) is 0.534. The molecule has 0 amide bonds. The van der Waals surface area contributed by atoms with E-state index in [1.807, 2.05) is 6.92 Å². The van der Waals surface area contributed by atoms with E-state index in [4.69, 9.17) is 0 Å². The van der Waals surface area contributed by atoms with Crippen LogP contribution >= 0.6 is 0 Å². The third-order valence-corrected chi connectivity index (χ3v) is 2.65. The van der Waals surface area contributed by atoms with Crippen LogP contribution in [0.5, 0.6) is 0 Å². The van der Waals surface area contributed by atoms with E-state index in [0.717, 1.165) is 0 Å². The van der Waals surface area contributed by atoms with Crippen molar-refractivity contribution in [2.24, 2.45) is 22.0 Å². The lowest BCUT2D eigenvalue weighted by molar-refractivity contribution is -0.149. The monoisotopic (exact) mass is 239 g/mol. The molecule has 2 atom stereocenters. The highest BCUT2D eigenvalue weighted by Crippen LogP contribution is 2.19. The maximum atomic E-state index is 11.6. The fourth-order valence-electron chi connectivity index (χ4n) is 1.70. The summed E-state index contributed by atoms with van der Waals surface area (Å²) < 4.78 is 4.64. The number of nitrogens with zero attached hydrogens (tertiary/aromatic N) is 3. The number of carbonyl (C=O) groups is 2. The van der Waals surface area contributed by atoms with Crippen LogP contribution in [0.4, 0.5) is 0 Å². The van der Waals surface area contributed by atoms with Gasteiger partial charge in [0, 0.05) is 11.9 Å². The lowest BCUT2D eigenvalue weighted by atomic mass is 9.86. The highest BCUT2D eigenvalue weighted by molar-refractivity contribution is 6.09. The molecule has 0 spiro atoms. The standard InChI is InChI=1S/C11H17N3O3/c1-5-14-12-6-9(7(2)13-14)10(8(3)15)11(16)17-4/h6,9-10H,5H2,1-4H3. The largest absolute Gasteiger partial charge is 0.468 e. The highest BCUT2D eigenvalue weighted by atomic mass is 16.5. The van der Waals surface area contributed by atoms with Gasteiger partial charge in [-0.1, -0.05) is 0 Å². The normalized spacial score (nSPS) is 20.8. The summed E-state index contributed by atoms with van der Waals surface area (Å²) in [5, 5.41) is 9.77. The van der Waals surface area contributed by atoms with Crippen LogP contribution in [0.1, 0.15) is 20.8 Å². The zero-order chi connectivity index (χ0) is 13.0. The van der Waals surface area contributed by atoms with Crippen molar-refractivity contribution in [1.82, 2.24) is 5.12 Å². The van der Waals surface area contributed by atoms with Gasteiger partial charge in [0.25, 0.3) is 0 Å². The molecule has 1 rings (SSSR count). The Kier molecular flexibility index (Phi) is 4.37. The summed E-state index contributed by atoms with van der Waals surface area (Å²) in [5.41, 5.74) is 0.687. The molecule has 1 aliphatic heterocycles. The topological polar surface area (TPSA) is 71.3 Å². The van der Waals surface area contributed by atoms with Gasteiger partial charge in [-0.2, -0.15) is 15.3 Å². The molecule has 17 heavy (non-hydrogen) atoms. The average molecular weight is 239 g/mol. The number of carbonyl (C=O) groups excluding carboxylic acids is 2. The summed E-state index contributed by atoms with van der Waals surface area (Å²) >= 11 is 0. The van der Waals surface area contributed by atoms with Crippen molar-refractivity contribution in [3.63, 3.8) is 0 Å². The average Bonchev–Trinajstić information content (AvgIpc) is 2.30. The van der Waals surface area contributed by atoms with Crippen LogP contribution in [-0.4, -0.2) is 42.5 Å². The molecule has 0 bridgehead atoms. The molecule has 0 saturated heterocycles. The van der Waals surface area contributed by atoms with E-state index in [1.165, 1.54) is 19.2 Å². The van der Waals surface area contributed by atoms with E-state index in [1.54, 1.807) is 13.1 Å². The van der Waals surface area contributed by atoms with Gasteiger partial charge in [0.05, 0.1) is 19.6 Å². The molecule has 94 valence electrons. The number of methoxy groups -OCH3 is 1. The Labute approximate surface area is 100 Å². The fraction of sp³-hybridized carbons (Fsp3) is 0.636. The van der Waals surface area contributed by atoms with Gasteiger partial charge in [-0.05, 0) is 20.8 Å². The number of hydrazone groups is 2. The van der Waals surface area contributed by atoms with Crippen LogP contribution in [0.25, 0.3) is 0 Å². The molecule has 0 aromatic rings. The van der Waals surface area contributed by atoms with Crippen molar-refractivity contribution in [2.75, 3.05) is 13.7 Å². The van der Waals surface area contributed by atoms with E-state index >= 15 is 0 Å². The third kappa shape index (κ3) is 2.89. The summed E-state index contributed by atoms with van der Waals surface area (Å²) in [4.78, 5) is 23.1. The summed E-state index contributed by atoms with van der Waals surface area (Å²) in [6.45, 7) is 5.70. The molecule has 2 unspecified atom stereocenters. The number of ketones is 1. The Morgan fingerprint density at radius 1 is 1.59 bits per heavy atom. The van der Waals surface area contributed by atoms with Crippen LogP contribution in [-0.2, 0) is 14.3 Å². The lowest BCUT2D eigenvalue weighted by Gasteiger charge is -2.25. The first-order valence-corrected chi connectivity index (χ1v) is 5.46. The number of hydrogen-bond acceptors (Lipinski definition) is 6. The van der Waals surface area contributed by atoms with Crippen LogP contribution in [0.2, 0.25) is 0 Å². The van der Waals surface area contributed by atoms with Crippen LogP contribution < -0.4 is 0 Å². The second kappa shape index (κ2) is 5.56. The summed E-state index contributed by atoms with van der Waals surface area (Å²) in [7, 11) is 1.27. The minimum absolute atomic E-state index is 0.243. The second-order valence-corrected chi connectivity index (χ2v) is 3.83. The maximum absolute atomic E-state index is 11.6. The number of rotatable bonds is 4. The minimum atomic E-state index is -0.855. The smallest absolute Gasteiger partial charge is 0.317 e. The van der Waals surface area contributed by atoms with E-state index < -0.39 is 17.8 Å². The molecule has 6 heteroatoms. The summed E-state index contributed by atoms with van der Waals surface area (Å²) in [6.07, 6.45) is 1.58. The van der Waals surface area contributed by atoms with Crippen molar-refractivity contribution in [3.8, 4) is 0 Å². The molecule has 0 fully saturated rings. The van der Waals surface area contributed by atoms with Crippen LogP contribution in [0.15, 0.2) is 10.2 Å². The van der Waals surface area contributed by atoms with Gasteiger partial charge in [-0.3, -0.25) is 9.59 Å². The van der Waals surface area contributed by atoms with Crippen molar-refractivity contribution in [3.05, 3.63) is 0 Å². The van der Waals surface area contributed by atoms with Crippen molar-refractivity contribution < 1.29 is 14.3 Å². The Bertz CT molecular complexity index is 376. The number of Topliss-reactive ketones (excluding diaryl/α,β-unsaturated/α-hetero) is 1.